The number of benzene rings is 2. The van der Waals surface area contributed by atoms with Crippen molar-refractivity contribution in [3.8, 4) is 0 Å². The number of nitrogens with zero attached hydrogens (tertiary/aromatic N) is 2. The fraction of sp³-hybridized carbons (Fsp3) is 0.348. The van der Waals surface area contributed by atoms with Crippen molar-refractivity contribution in [3.63, 3.8) is 0 Å². The second kappa shape index (κ2) is 8.07. The third-order valence-electron chi connectivity index (χ3n) is 5.64. The van der Waals surface area contributed by atoms with Crippen molar-refractivity contribution in [2.24, 2.45) is 0 Å². The molecule has 0 bridgehead atoms. The monoisotopic (exact) mass is 391 g/mol. The largest absolute Gasteiger partial charge is 0.341 e. The Bertz CT molecular complexity index is 936. The van der Waals surface area contributed by atoms with Gasteiger partial charge >= 0.3 is 0 Å². The van der Waals surface area contributed by atoms with Gasteiger partial charge in [0.2, 0.25) is 11.8 Å². The summed E-state index contributed by atoms with van der Waals surface area (Å²) in [6, 6.07) is 14.3. The Morgan fingerprint density at radius 1 is 0.966 bits per heavy atom. The molecule has 0 aliphatic carbocycles. The first kappa shape index (κ1) is 19.2. The van der Waals surface area contributed by atoms with Crippen LogP contribution in [0, 0.1) is 0 Å². The van der Waals surface area contributed by atoms with Gasteiger partial charge in [-0.1, -0.05) is 24.3 Å². The highest BCUT2D eigenvalue weighted by Gasteiger charge is 2.37. The Morgan fingerprint density at radius 2 is 1.69 bits per heavy atom. The van der Waals surface area contributed by atoms with Crippen LogP contribution in [0.4, 0.5) is 5.69 Å². The van der Waals surface area contributed by atoms with Crippen LogP contribution < -0.4 is 5.32 Å². The van der Waals surface area contributed by atoms with Crippen LogP contribution in [-0.2, 0) is 22.6 Å². The van der Waals surface area contributed by atoms with Crippen molar-refractivity contribution in [3.05, 3.63) is 65.2 Å². The zero-order chi connectivity index (χ0) is 20.4. The summed E-state index contributed by atoms with van der Waals surface area (Å²) < 4.78 is 0. The average molecular weight is 391 g/mol. The van der Waals surface area contributed by atoms with Crippen molar-refractivity contribution < 1.29 is 14.4 Å². The number of fused-ring (bicyclic) bond motifs is 1. The maximum Gasteiger partial charge on any atom is 0.254 e. The third kappa shape index (κ3) is 4.01. The molecule has 1 fully saturated rings. The molecule has 1 N–H and O–H groups in total. The Morgan fingerprint density at radius 3 is 2.38 bits per heavy atom. The van der Waals surface area contributed by atoms with Gasteiger partial charge in [0, 0.05) is 44.2 Å². The van der Waals surface area contributed by atoms with Crippen LogP contribution in [-0.4, -0.2) is 46.7 Å². The number of hydrogen-bond donors (Lipinski definition) is 1. The zero-order valence-corrected chi connectivity index (χ0v) is 16.6. The summed E-state index contributed by atoms with van der Waals surface area (Å²) in [4.78, 5) is 41.5. The van der Waals surface area contributed by atoms with Crippen LogP contribution in [0.15, 0.2) is 48.5 Å². The third-order valence-corrected chi connectivity index (χ3v) is 5.64. The smallest absolute Gasteiger partial charge is 0.254 e. The molecule has 2 aromatic carbocycles. The summed E-state index contributed by atoms with van der Waals surface area (Å²) in [6.07, 6.45) is 2.52. The minimum Gasteiger partial charge on any atom is -0.341 e. The fourth-order valence-electron chi connectivity index (χ4n) is 4.19. The Hall–Kier alpha value is -3.15. The summed E-state index contributed by atoms with van der Waals surface area (Å²) in [6.45, 7) is 3.34. The molecule has 2 aliphatic heterocycles. The number of rotatable bonds is 3. The Kier molecular flexibility index (Phi) is 5.34. The average Bonchev–Trinajstić information content (AvgIpc) is 3.27. The molecule has 0 aromatic heterocycles. The first-order valence-electron chi connectivity index (χ1n) is 10.1. The highest BCUT2D eigenvalue weighted by Crippen LogP contribution is 2.29. The van der Waals surface area contributed by atoms with Gasteiger partial charge in [-0.3, -0.25) is 14.4 Å². The molecule has 4 rings (SSSR count). The van der Waals surface area contributed by atoms with E-state index in [4.69, 9.17) is 0 Å². The molecule has 1 atom stereocenters. The Labute approximate surface area is 170 Å². The molecular formula is C23H25N3O3. The molecule has 2 aliphatic rings. The van der Waals surface area contributed by atoms with Crippen molar-refractivity contribution in [2.75, 3.05) is 18.4 Å². The van der Waals surface area contributed by atoms with Crippen molar-refractivity contribution >= 4 is 23.4 Å². The first-order valence-corrected chi connectivity index (χ1v) is 10.1. The number of hydrogen-bond acceptors (Lipinski definition) is 3. The zero-order valence-electron chi connectivity index (χ0n) is 16.6. The topological polar surface area (TPSA) is 69.7 Å². The second-order valence-corrected chi connectivity index (χ2v) is 7.72. The molecule has 6 nitrogen and oxygen atoms in total. The van der Waals surface area contributed by atoms with E-state index in [1.807, 2.05) is 41.3 Å². The normalized spacial score (nSPS) is 18.3. The van der Waals surface area contributed by atoms with Gasteiger partial charge in [-0.2, -0.15) is 0 Å². The maximum absolute atomic E-state index is 13.3. The summed E-state index contributed by atoms with van der Waals surface area (Å²) in [7, 11) is 0. The predicted molar refractivity (Wildman–Crippen MR) is 110 cm³/mol. The van der Waals surface area contributed by atoms with Crippen molar-refractivity contribution in [2.45, 2.75) is 38.8 Å². The maximum atomic E-state index is 13.3. The highest BCUT2D eigenvalue weighted by atomic mass is 16.2. The minimum absolute atomic E-state index is 0.0309. The molecule has 0 radical (unpaired) electrons. The number of amides is 3. The van der Waals surface area contributed by atoms with Crippen LogP contribution >= 0.6 is 0 Å². The minimum atomic E-state index is -0.500. The summed E-state index contributed by atoms with van der Waals surface area (Å²) >= 11 is 0. The highest BCUT2D eigenvalue weighted by molar-refractivity contribution is 5.98. The van der Waals surface area contributed by atoms with Gasteiger partial charge < -0.3 is 15.1 Å². The van der Waals surface area contributed by atoms with E-state index in [-0.39, 0.29) is 17.7 Å². The summed E-state index contributed by atoms with van der Waals surface area (Å²) in [5.41, 5.74) is 3.29. The van der Waals surface area contributed by atoms with E-state index in [1.54, 1.807) is 17.0 Å². The van der Waals surface area contributed by atoms with Gasteiger partial charge in [0.1, 0.15) is 6.04 Å². The van der Waals surface area contributed by atoms with Crippen LogP contribution in [0.2, 0.25) is 0 Å². The molecule has 3 amide bonds. The van der Waals surface area contributed by atoms with Gasteiger partial charge in [-0.15, -0.1) is 0 Å². The Balaban J connectivity index is 1.67. The van der Waals surface area contributed by atoms with Gasteiger partial charge in [-0.05, 0) is 48.2 Å². The second-order valence-electron chi connectivity index (χ2n) is 7.72. The van der Waals surface area contributed by atoms with E-state index in [2.05, 4.69) is 5.32 Å². The van der Waals surface area contributed by atoms with Crippen molar-refractivity contribution in [1.29, 1.82) is 0 Å². The molecule has 2 aromatic rings. The lowest BCUT2D eigenvalue weighted by atomic mass is 9.92. The number of nitrogens with one attached hydrogen (secondary N) is 1. The van der Waals surface area contributed by atoms with Gasteiger partial charge in [0.25, 0.3) is 5.91 Å². The molecule has 150 valence electrons. The van der Waals surface area contributed by atoms with E-state index in [0.29, 0.717) is 24.2 Å². The first-order chi connectivity index (χ1) is 14.0. The van der Waals surface area contributed by atoms with Crippen LogP contribution in [0.3, 0.4) is 0 Å². The molecule has 29 heavy (non-hydrogen) atoms. The molecular weight excluding hydrogens is 366 g/mol. The molecule has 0 saturated carbocycles. The molecule has 0 spiro atoms. The van der Waals surface area contributed by atoms with Gasteiger partial charge in [-0.25, -0.2) is 0 Å². The number of carbonyl (C=O) groups is 3. The summed E-state index contributed by atoms with van der Waals surface area (Å²) in [5, 5.41) is 2.79. The molecule has 1 saturated heterocycles. The van der Waals surface area contributed by atoms with E-state index < -0.39 is 6.04 Å². The van der Waals surface area contributed by atoms with E-state index in [1.165, 1.54) is 6.92 Å². The van der Waals surface area contributed by atoms with E-state index in [0.717, 1.165) is 37.1 Å². The molecule has 2 heterocycles. The predicted octanol–water partition coefficient (Wildman–Crippen LogP) is 2.83. The van der Waals surface area contributed by atoms with Crippen LogP contribution in [0.5, 0.6) is 0 Å². The fourth-order valence-corrected chi connectivity index (χ4v) is 4.19. The molecule has 0 unspecified atom stereocenters. The number of carbonyl (C=O) groups excluding carboxylic acids is 3. The van der Waals surface area contributed by atoms with Crippen LogP contribution in [0.1, 0.15) is 41.3 Å². The lowest BCUT2D eigenvalue weighted by Gasteiger charge is -2.38. The quantitative estimate of drug-likeness (QED) is 0.875. The van der Waals surface area contributed by atoms with E-state index in [9.17, 15) is 14.4 Å². The number of likely N-dealkylation sites (tertiary alicyclic amines) is 1. The number of anilines is 1. The lowest BCUT2D eigenvalue weighted by molar-refractivity contribution is -0.135. The molecule has 6 heteroatoms. The van der Waals surface area contributed by atoms with Gasteiger partial charge in [0.15, 0.2) is 0 Å². The van der Waals surface area contributed by atoms with Gasteiger partial charge in [0.05, 0.1) is 0 Å². The SMILES string of the molecule is CC(=O)Nc1ccc2c(c1)CN(C(=O)c1ccccc1)[C@H](C(=O)N1CCCC1)C2. The van der Waals surface area contributed by atoms with E-state index >= 15 is 0 Å². The van der Waals surface area contributed by atoms with Crippen molar-refractivity contribution in [1.82, 2.24) is 9.80 Å². The van der Waals surface area contributed by atoms with Crippen LogP contribution in [0.25, 0.3) is 0 Å². The lowest BCUT2D eigenvalue weighted by Crippen LogP contribution is -2.53. The summed E-state index contributed by atoms with van der Waals surface area (Å²) in [5.74, 6) is -0.248. The standard InChI is InChI=1S/C23H25N3O3/c1-16(27)24-20-10-9-18-14-21(23(29)25-11-5-6-12-25)26(15-19(18)13-20)22(28)17-7-3-2-4-8-17/h2-4,7-10,13,21H,5-6,11-12,14-15H2,1H3,(H,24,27)/t21-/m0/s1.